The quantitative estimate of drug-likeness (QED) is 0.353. The molecule has 0 fully saturated rings. The van der Waals surface area contributed by atoms with E-state index < -0.39 is 16.8 Å². The molecule has 0 unspecified atom stereocenters. The molecule has 0 radical (unpaired) electrons. The zero-order chi connectivity index (χ0) is 24.3. The molecule has 4 heterocycles. The van der Waals surface area contributed by atoms with Crippen LogP contribution in [0.5, 0.6) is 0 Å². The second-order valence-corrected chi connectivity index (χ2v) is 11.0. The van der Waals surface area contributed by atoms with Crippen molar-refractivity contribution in [3.63, 3.8) is 0 Å². The smallest absolute Gasteiger partial charge is 0.287 e. The van der Waals surface area contributed by atoms with Crippen molar-refractivity contribution < 1.29 is 4.79 Å². The standard InChI is InChI=1S/C24H21N5O4S2/c25-17-18(20(31)19(17)30)29-5-3-12-2-1-11(7-13(12)9-29)8-26-23(33)21-27-22(32)16-14-4-6-34-10-15(14)35-24(16)28-21/h1-2,7H,3-6,8-10,25H2,(H,26,33)(H,27,28,32). The number of hydrogen-bond acceptors (Lipinski definition) is 9. The molecular weight excluding hydrogens is 486 g/mol. The van der Waals surface area contributed by atoms with E-state index >= 15 is 0 Å². The van der Waals surface area contributed by atoms with Gasteiger partial charge in [-0.2, -0.15) is 11.8 Å². The topological polar surface area (TPSA) is 138 Å². The van der Waals surface area contributed by atoms with E-state index in [-0.39, 0.29) is 23.6 Å². The van der Waals surface area contributed by atoms with E-state index in [2.05, 4.69) is 15.3 Å². The monoisotopic (exact) mass is 507 g/mol. The Morgan fingerprint density at radius 2 is 2.03 bits per heavy atom. The number of nitrogens with one attached hydrogen (secondary N) is 2. The third kappa shape index (κ3) is 3.66. The summed E-state index contributed by atoms with van der Waals surface area (Å²) >= 11 is 3.33. The van der Waals surface area contributed by atoms with Gasteiger partial charge < -0.3 is 20.9 Å². The van der Waals surface area contributed by atoms with E-state index in [1.54, 1.807) is 0 Å². The number of rotatable bonds is 4. The Balaban J connectivity index is 1.19. The number of fused-ring (bicyclic) bond motifs is 4. The number of carbonyl (C=O) groups excluding carboxylic acids is 1. The van der Waals surface area contributed by atoms with Gasteiger partial charge in [0, 0.05) is 30.3 Å². The molecule has 4 N–H and O–H groups in total. The summed E-state index contributed by atoms with van der Waals surface area (Å²) in [6, 6.07) is 5.94. The molecule has 0 bridgehead atoms. The number of hydrogen-bond donors (Lipinski definition) is 3. The number of nitrogens with zero attached hydrogens (tertiary/aromatic N) is 2. The maximum Gasteiger partial charge on any atom is 0.287 e. The van der Waals surface area contributed by atoms with Gasteiger partial charge in [-0.3, -0.25) is 19.2 Å². The average molecular weight is 508 g/mol. The van der Waals surface area contributed by atoms with Crippen molar-refractivity contribution in [2.75, 3.05) is 22.9 Å². The van der Waals surface area contributed by atoms with Crippen LogP contribution >= 0.6 is 23.1 Å². The van der Waals surface area contributed by atoms with Crippen LogP contribution in [0.4, 0.5) is 11.4 Å². The first kappa shape index (κ1) is 22.1. The molecule has 2 aliphatic heterocycles. The summed E-state index contributed by atoms with van der Waals surface area (Å²) in [6.45, 7) is 1.34. The molecule has 6 rings (SSSR count). The van der Waals surface area contributed by atoms with Crippen molar-refractivity contribution in [1.29, 1.82) is 0 Å². The minimum Gasteiger partial charge on any atom is -0.394 e. The molecule has 4 aromatic rings. The Labute approximate surface area is 207 Å². The Kier molecular flexibility index (Phi) is 5.26. The lowest BCUT2D eigenvalue weighted by atomic mass is 9.96. The Bertz CT molecular complexity index is 1650. The lowest BCUT2D eigenvalue weighted by Gasteiger charge is -2.32. The van der Waals surface area contributed by atoms with Crippen LogP contribution in [-0.2, 0) is 31.7 Å². The third-order valence-corrected chi connectivity index (χ3v) is 8.96. The van der Waals surface area contributed by atoms with Crippen molar-refractivity contribution in [1.82, 2.24) is 15.3 Å². The zero-order valence-corrected chi connectivity index (χ0v) is 20.2. The number of thiophene rings is 1. The molecule has 0 saturated heterocycles. The first-order valence-corrected chi connectivity index (χ1v) is 13.2. The minimum atomic E-state index is -0.617. The van der Waals surface area contributed by atoms with Gasteiger partial charge in [-0.1, -0.05) is 18.2 Å². The van der Waals surface area contributed by atoms with Crippen molar-refractivity contribution in [3.8, 4) is 0 Å². The van der Waals surface area contributed by atoms with Crippen molar-refractivity contribution in [2.45, 2.75) is 31.7 Å². The van der Waals surface area contributed by atoms with Crippen LogP contribution in [0.15, 0.2) is 32.6 Å². The SMILES string of the molecule is Nc1c(N2CCc3ccc(CNC(=O)c4nc5sc6c(c5c(=O)[nH]4)CCSC6)cc3C2)c(=O)c1=O. The van der Waals surface area contributed by atoms with E-state index in [4.69, 9.17) is 5.73 Å². The number of nitrogen functional groups attached to an aromatic ring is 1. The Hall–Kier alpha value is -3.44. The molecule has 178 valence electrons. The van der Waals surface area contributed by atoms with Gasteiger partial charge in [-0.25, -0.2) is 4.98 Å². The van der Waals surface area contributed by atoms with E-state index in [1.807, 2.05) is 34.9 Å². The van der Waals surface area contributed by atoms with Crippen molar-refractivity contribution in [3.05, 3.63) is 82.0 Å². The normalized spacial score (nSPS) is 15.3. The molecule has 0 saturated carbocycles. The fourth-order valence-corrected chi connectivity index (χ4v) is 7.18. The van der Waals surface area contributed by atoms with Crippen LogP contribution in [0.2, 0.25) is 0 Å². The number of H-pyrrole nitrogens is 1. The largest absolute Gasteiger partial charge is 0.394 e. The van der Waals surface area contributed by atoms with Gasteiger partial charge in [0.15, 0.2) is 0 Å². The van der Waals surface area contributed by atoms with Gasteiger partial charge in [-0.05, 0) is 40.8 Å². The summed E-state index contributed by atoms with van der Waals surface area (Å²) in [5.41, 5.74) is 8.78. The molecule has 2 aromatic carbocycles. The van der Waals surface area contributed by atoms with Crippen molar-refractivity contribution >= 4 is 50.6 Å². The second kappa shape index (κ2) is 8.35. The molecule has 11 heteroatoms. The average Bonchev–Trinajstić information content (AvgIpc) is 3.26. The van der Waals surface area contributed by atoms with Crippen LogP contribution in [0.25, 0.3) is 10.2 Å². The first-order chi connectivity index (χ1) is 16.9. The molecule has 35 heavy (non-hydrogen) atoms. The number of aromatic amines is 1. The minimum absolute atomic E-state index is 0.00783. The highest BCUT2D eigenvalue weighted by molar-refractivity contribution is 7.98. The number of thioether (sulfide) groups is 1. The van der Waals surface area contributed by atoms with Gasteiger partial charge in [0.25, 0.3) is 22.3 Å². The lowest BCUT2D eigenvalue weighted by Crippen LogP contribution is -2.44. The van der Waals surface area contributed by atoms with E-state index in [0.29, 0.717) is 29.0 Å². The number of aromatic nitrogens is 2. The molecule has 9 nitrogen and oxygen atoms in total. The molecule has 0 aliphatic carbocycles. The lowest BCUT2D eigenvalue weighted by molar-refractivity contribution is 0.0940. The Morgan fingerprint density at radius 1 is 1.17 bits per heavy atom. The Morgan fingerprint density at radius 3 is 2.86 bits per heavy atom. The maximum absolute atomic E-state index is 12.8. The van der Waals surface area contributed by atoms with Gasteiger partial charge in [0.2, 0.25) is 5.82 Å². The number of anilines is 2. The van der Waals surface area contributed by atoms with E-state index in [0.717, 1.165) is 46.6 Å². The number of aryl methyl sites for hydroxylation is 1. The maximum atomic E-state index is 12.8. The number of benzene rings is 1. The summed E-state index contributed by atoms with van der Waals surface area (Å²) < 4.78 is 0. The van der Waals surface area contributed by atoms with Crippen LogP contribution < -0.4 is 32.4 Å². The molecule has 1 amide bonds. The molecule has 2 aliphatic rings. The fourth-order valence-electron chi connectivity index (χ4n) is 4.83. The predicted molar refractivity (Wildman–Crippen MR) is 138 cm³/mol. The summed E-state index contributed by atoms with van der Waals surface area (Å²) in [7, 11) is 0. The number of amides is 1. The highest BCUT2D eigenvalue weighted by Crippen LogP contribution is 2.35. The van der Waals surface area contributed by atoms with Gasteiger partial charge in [0.1, 0.15) is 16.2 Å². The molecule has 0 atom stereocenters. The highest BCUT2D eigenvalue weighted by Gasteiger charge is 2.27. The third-order valence-electron chi connectivity index (χ3n) is 6.66. The molecule has 0 spiro atoms. The van der Waals surface area contributed by atoms with Crippen LogP contribution in [0.3, 0.4) is 0 Å². The second-order valence-electron chi connectivity index (χ2n) is 8.78. The van der Waals surface area contributed by atoms with Crippen LogP contribution in [-0.4, -0.2) is 28.2 Å². The van der Waals surface area contributed by atoms with Gasteiger partial charge in [-0.15, -0.1) is 11.3 Å². The summed E-state index contributed by atoms with van der Waals surface area (Å²) in [5.74, 6) is 1.42. The first-order valence-electron chi connectivity index (χ1n) is 11.3. The van der Waals surface area contributed by atoms with Crippen LogP contribution in [0, 0.1) is 0 Å². The predicted octanol–water partition coefficient (Wildman–Crippen LogP) is 1.44. The number of carbonyl (C=O) groups is 1. The van der Waals surface area contributed by atoms with E-state index in [9.17, 15) is 19.2 Å². The van der Waals surface area contributed by atoms with E-state index in [1.165, 1.54) is 16.2 Å². The highest BCUT2D eigenvalue weighted by atomic mass is 32.2. The number of nitrogens with two attached hydrogens (primary N) is 1. The van der Waals surface area contributed by atoms with Gasteiger partial charge in [0.05, 0.1) is 5.39 Å². The van der Waals surface area contributed by atoms with Crippen molar-refractivity contribution in [2.24, 2.45) is 0 Å². The fraction of sp³-hybridized carbons (Fsp3) is 0.292. The summed E-state index contributed by atoms with van der Waals surface area (Å²) in [6.07, 6.45) is 1.58. The summed E-state index contributed by atoms with van der Waals surface area (Å²) in [4.78, 5) is 59.6. The summed E-state index contributed by atoms with van der Waals surface area (Å²) in [5, 5.41) is 3.45. The zero-order valence-electron chi connectivity index (χ0n) is 18.6. The van der Waals surface area contributed by atoms with Gasteiger partial charge >= 0.3 is 0 Å². The molecular formula is C24H21N5O4S2. The molecule has 2 aromatic heterocycles. The van der Waals surface area contributed by atoms with Crippen LogP contribution in [0.1, 0.15) is 37.7 Å².